The van der Waals surface area contributed by atoms with Gasteiger partial charge in [-0.05, 0) is 56.5 Å². The first kappa shape index (κ1) is 17.8. The van der Waals surface area contributed by atoms with Crippen LogP contribution in [0.25, 0.3) is 0 Å². The predicted molar refractivity (Wildman–Crippen MR) is 88.5 cm³/mol. The molecule has 0 unspecified atom stereocenters. The molecule has 128 valence electrons. The summed E-state index contributed by atoms with van der Waals surface area (Å²) in [4.78, 5) is 16.5. The van der Waals surface area contributed by atoms with E-state index in [-0.39, 0.29) is 11.7 Å². The van der Waals surface area contributed by atoms with Crippen LogP contribution >= 0.6 is 0 Å². The van der Waals surface area contributed by atoms with Crippen LogP contribution in [0.15, 0.2) is 30.3 Å². The van der Waals surface area contributed by atoms with E-state index in [1.807, 2.05) is 26.8 Å². The quantitative estimate of drug-likeness (QED) is 0.862. The standard InChI is InChI=1S/C18H20F2N2O2/c1-11-10-12(2)21-13(3)17(11)22-16(23)9-6-14-4-7-15(8-5-14)24-18(19)20/h4-5,7-8,10,18H,6,9H2,1-3H3,(H,22,23). The Balaban J connectivity index is 1.92. The highest BCUT2D eigenvalue weighted by molar-refractivity contribution is 5.92. The lowest BCUT2D eigenvalue weighted by molar-refractivity contribution is -0.116. The average molecular weight is 334 g/mol. The second-order valence-corrected chi connectivity index (χ2v) is 5.61. The van der Waals surface area contributed by atoms with Crippen molar-refractivity contribution in [3.63, 3.8) is 0 Å². The lowest BCUT2D eigenvalue weighted by Gasteiger charge is -2.12. The second-order valence-electron chi connectivity index (χ2n) is 5.61. The van der Waals surface area contributed by atoms with E-state index in [0.717, 1.165) is 28.2 Å². The van der Waals surface area contributed by atoms with E-state index in [4.69, 9.17) is 0 Å². The molecule has 0 radical (unpaired) electrons. The largest absolute Gasteiger partial charge is 0.435 e. The number of aromatic nitrogens is 1. The SMILES string of the molecule is Cc1cc(C)c(NC(=O)CCc2ccc(OC(F)F)cc2)c(C)n1. The minimum absolute atomic E-state index is 0.107. The number of aryl methyl sites for hydroxylation is 4. The van der Waals surface area contributed by atoms with Crippen molar-refractivity contribution in [1.82, 2.24) is 4.98 Å². The van der Waals surface area contributed by atoms with E-state index in [0.29, 0.717) is 12.8 Å². The number of pyridine rings is 1. The zero-order valence-corrected chi connectivity index (χ0v) is 13.9. The maximum Gasteiger partial charge on any atom is 0.387 e. The summed E-state index contributed by atoms with van der Waals surface area (Å²) < 4.78 is 28.5. The zero-order valence-electron chi connectivity index (χ0n) is 13.9. The van der Waals surface area contributed by atoms with Gasteiger partial charge in [-0.15, -0.1) is 0 Å². The number of carbonyl (C=O) groups is 1. The number of carbonyl (C=O) groups excluding carboxylic acids is 1. The molecule has 0 saturated heterocycles. The van der Waals surface area contributed by atoms with Crippen molar-refractivity contribution in [1.29, 1.82) is 0 Å². The molecule has 2 rings (SSSR count). The van der Waals surface area contributed by atoms with Crippen molar-refractivity contribution < 1.29 is 18.3 Å². The first-order chi connectivity index (χ1) is 11.3. The molecule has 1 heterocycles. The molecule has 1 aromatic carbocycles. The van der Waals surface area contributed by atoms with Crippen molar-refractivity contribution in [3.05, 3.63) is 52.8 Å². The highest BCUT2D eigenvalue weighted by atomic mass is 19.3. The van der Waals surface area contributed by atoms with Crippen LogP contribution in [0, 0.1) is 20.8 Å². The summed E-state index contributed by atoms with van der Waals surface area (Å²) in [5.74, 6) is -0.00468. The highest BCUT2D eigenvalue weighted by Crippen LogP contribution is 2.20. The van der Waals surface area contributed by atoms with Crippen LogP contribution in [0.3, 0.4) is 0 Å². The summed E-state index contributed by atoms with van der Waals surface area (Å²) in [6, 6.07) is 8.21. The Bertz CT molecular complexity index is 692. The number of nitrogens with zero attached hydrogens (tertiary/aromatic N) is 1. The van der Waals surface area contributed by atoms with Gasteiger partial charge in [0.2, 0.25) is 5.91 Å². The minimum atomic E-state index is -2.84. The number of hydrogen-bond acceptors (Lipinski definition) is 3. The molecule has 0 aliphatic rings. The maximum atomic E-state index is 12.1. The van der Waals surface area contributed by atoms with Gasteiger partial charge >= 0.3 is 6.61 Å². The number of amides is 1. The number of nitrogens with one attached hydrogen (secondary N) is 1. The van der Waals surface area contributed by atoms with Crippen molar-refractivity contribution in [2.75, 3.05) is 5.32 Å². The van der Waals surface area contributed by atoms with Crippen molar-refractivity contribution in [3.8, 4) is 5.75 Å². The van der Waals surface area contributed by atoms with Gasteiger partial charge in [-0.2, -0.15) is 8.78 Å². The van der Waals surface area contributed by atoms with Crippen molar-refractivity contribution in [2.45, 2.75) is 40.2 Å². The van der Waals surface area contributed by atoms with Crippen LogP contribution in [0.4, 0.5) is 14.5 Å². The Morgan fingerprint density at radius 3 is 2.46 bits per heavy atom. The summed E-state index contributed by atoms with van der Waals surface area (Å²) in [6.45, 7) is 2.86. The van der Waals surface area contributed by atoms with E-state index in [2.05, 4.69) is 15.0 Å². The molecule has 4 nitrogen and oxygen atoms in total. The highest BCUT2D eigenvalue weighted by Gasteiger charge is 2.10. The molecule has 0 bridgehead atoms. The zero-order chi connectivity index (χ0) is 17.7. The molecular formula is C18H20F2N2O2. The third-order valence-electron chi connectivity index (χ3n) is 3.58. The predicted octanol–water partition coefficient (Wildman–Crippen LogP) is 4.18. The van der Waals surface area contributed by atoms with E-state index in [1.54, 1.807) is 12.1 Å². The van der Waals surface area contributed by atoms with Gasteiger partial charge < -0.3 is 10.1 Å². The average Bonchev–Trinajstić information content (AvgIpc) is 2.49. The summed E-state index contributed by atoms with van der Waals surface area (Å²) in [7, 11) is 0. The number of alkyl halides is 2. The summed E-state index contributed by atoms with van der Waals surface area (Å²) >= 11 is 0. The molecule has 24 heavy (non-hydrogen) atoms. The molecule has 0 fully saturated rings. The fourth-order valence-corrected chi connectivity index (χ4v) is 2.51. The van der Waals surface area contributed by atoms with E-state index >= 15 is 0 Å². The molecule has 1 N–H and O–H groups in total. The van der Waals surface area contributed by atoms with Crippen molar-refractivity contribution >= 4 is 11.6 Å². The third-order valence-corrected chi connectivity index (χ3v) is 3.58. The fourth-order valence-electron chi connectivity index (χ4n) is 2.51. The van der Waals surface area contributed by atoms with Gasteiger partial charge in [0, 0.05) is 12.1 Å². The summed E-state index contributed by atoms with van der Waals surface area (Å²) in [5.41, 5.74) is 4.29. The first-order valence-electron chi connectivity index (χ1n) is 7.63. The normalized spacial score (nSPS) is 10.8. The van der Waals surface area contributed by atoms with E-state index < -0.39 is 6.61 Å². The number of benzene rings is 1. The van der Waals surface area contributed by atoms with Gasteiger partial charge in [-0.3, -0.25) is 9.78 Å². The number of halogens is 2. The van der Waals surface area contributed by atoms with Crippen LogP contribution in [0.2, 0.25) is 0 Å². The van der Waals surface area contributed by atoms with Crippen LogP contribution in [-0.2, 0) is 11.2 Å². The number of anilines is 1. The molecule has 1 amide bonds. The monoisotopic (exact) mass is 334 g/mol. The van der Waals surface area contributed by atoms with Gasteiger partial charge in [0.1, 0.15) is 5.75 Å². The molecule has 1 aromatic heterocycles. The topological polar surface area (TPSA) is 51.2 Å². The van der Waals surface area contributed by atoms with Gasteiger partial charge in [0.05, 0.1) is 11.4 Å². The smallest absolute Gasteiger partial charge is 0.387 e. The van der Waals surface area contributed by atoms with E-state index in [1.165, 1.54) is 12.1 Å². The second kappa shape index (κ2) is 7.86. The molecule has 6 heteroatoms. The Kier molecular flexibility index (Phi) is 5.84. The van der Waals surface area contributed by atoms with E-state index in [9.17, 15) is 13.6 Å². The minimum Gasteiger partial charge on any atom is -0.435 e. The molecule has 0 aliphatic carbocycles. The van der Waals surface area contributed by atoms with Gasteiger partial charge in [0.25, 0.3) is 0 Å². The Morgan fingerprint density at radius 2 is 1.88 bits per heavy atom. The Labute approximate surface area is 139 Å². The molecule has 0 atom stereocenters. The Morgan fingerprint density at radius 1 is 1.21 bits per heavy atom. The number of rotatable bonds is 6. The molecular weight excluding hydrogens is 314 g/mol. The molecule has 2 aromatic rings. The van der Waals surface area contributed by atoms with Crippen LogP contribution < -0.4 is 10.1 Å². The summed E-state index contributed by atoms with van der Waals surface area (Å²) in [6.07, 6.45) is 0.806. The lowest BCUT2D eigenvalue weighted by atomic mass is 10.1. The Hall–Kier alpha value is -2.50. The molecule has 0 spiro atoms. The number of ether oxygens (including phenoxy) is 1. The summed E-state index contributed by atoms with van der Waals surface area (Å²) in [5, 5.41) is 2.89. The molecule has 0 aliphatic heterocycles. The fraction of sp³-hybridized carbons (Fsp3) is 0.333. The third kappa shape index (κ3) is 5.01. The van der Waals surface area contributed by atoms with Gasteiger partial charge in [-0.25, -0.2) is 0 Å². The lowest BCUT2D eigenvalue weighted by Crippen LogP contribution is -2.15. The van der Waals surface area contributed by atoms with Gasteiger partial charge in [0.15, 0.2) is 0 Å². The van der Waals surface area contributed by atoms with Gasteiger partial charge in [-0.1, -0.05) is 12.1 Å². The van der Waals surface area contributed by atoms with Crippen LogP contribution in [0.5, 0.6) is 5.75 Å². The first-order valence-corrected chi connectivity index (χ1v) is 7.63. The molecule has 0 saturated carbocycles. The number of hydrogen-bond donors (Lipinski definition) is 1. The maximum absolute atomic E-state index is 12.1. The van der Waals surface area contributed by atoms with Crippen molar-refractivity contribution in [2.24, 2.45) is 0 Å². The van der Waals surface area contributed by atoms with Crippen LogP contribution in [0.1, 0.15) is 28.9 Å². The van der Waals surface area contributed by atoms with Crippen LogP contribution in [-0.4, -0.2) is 17.5 Å².